The maximum atomic E-state index is 12.9. The van der Waals surface area contributed by atoms with E-state index in [2.05, 4.69) is 15.9 Å². The Balaban J connectivity index is 1.94. The Morgan fingerprint density at radius 1 is 0.778 bits per heavy atom. The van der Waals surface area contributed by atoms with Crippen LogP contribution in [0.4, 0.5) is 0 Å². The van der Waals surface area contributed by atoms with Crippen molar-refractivity contribution in [1.82, 2.24) is 0 Å². The van der Waals surface area contributed by atoms with Crippen LogP contribution in [0.3, 0.4) is 0 Å². The third-order valence-corrected chi connectivity index (χ3v) is 4.63. The average Bonchev–Trinajstić information content (AvgIpc) is 2.67. The summed E-state index contributed by atoms with van der Waals surface area (Å²) in [7, 11) is 0. The fraction of sp³-hybridized carbons (Fsp3) is 0.0909. The highest BCUT2D eigenvalue weighted by molar-refractivity contribution is 9.10. The summed E-state index contributed by atoms with van der Waals surface area (Å²) in [5.41, 5.74) is 7.63. The van der Waals surface area contributed by atoms with Gasteiger partial charge >= 0.3 is 5.97 Å². The largest absolute Gasteiger partial charge is 0.452 e. The summed E-state index contributed by atoms with van der Waals surface area (Å²) < 4.78 is 6.54. The summed E-state index contributed by atoms with van der Waals surface area (Å²) in [6, 6.07) is 25.7. The van der Waals surface area contributed by atoms with Gasteiger partial charge in [0, 0.05) is 4.47 Å². The van der Waals surface area contributed by atoms with Crippen molar-refractivity contribution in [2.75, 3.05) is 0 Å². The lowest BCUT2D eigenvalue weighted by Gasteiger charge is -2.22. The van der Waals surface area contributed by atoms with E-state index in [0.29, 0.717) is 5.56 Å². The van der Waals surface area contributed by atoms with Gasteiger partial charge in [-0.25, -0.2) is 0 Å². The topological polar surface area (TPSA) is 69.4 Å². The van der Waals surface area contributed by atoms with Crippen molar-refractivity contribution in [3.8, 4) is 0 Å². The van der Waals surface area contributed by atoms with Crippen LogP contribution in [0.5, 0.6) is 0 Å². The summed E-state index contributed by atoms with van der Waals surface area (Å²) in [5, 5.41) is 0. The lowest BCUT2D eigenvalue weighted by Crippen LogP contribution is -2.31. The van der Waals surface area contributed by atoms with E-state index in [9.17, 15) is 9.59 Å². The maximum Gasteiger partial charge on any atom is 0.323 e. The Morgan fingerprint density at radius 2 is 1.30 bits per heavy atom. The second-order valence-electron chi connectivity index (χ2n) is 6.03. The highest BCUT2D eigenvalue weighted by Crippen LogP contribution is 2.29. The maximum absolute atomic E-state index is 12.9. The monoisotopic (exact) mass is 423 g/mol. The molecule has 2 N–H and O–H groups in total. The molecule has 5 heteroatoms. The molecule has 3 aromatic rings. The zero-order valence-electron chi connectivity index (χ0n) is 14.4. The van der Waals surface area contributed by atoms with Crippen LogP contribution in [0.15, 0.2) is 89.4 Å². The van der Waals surface area contributed by atoms with Crippen LogP contribution in [0.1, 0.15) is 28.7 Å². The first-order valence-electron chi connectivity index (χ1n) is 8.41. The van der Waals surface area contributed by atoms with Crippen molar-refractivity contribution in [2.24, 2.45) is 5.73 Å². The van der Waals surface area contributed by atoms with Gasteiger partial charge in [-0.15, -0.1) is 0 Å². The zero-order chi connectivity index (χ0) is 19.2. The van der Waals surface area contributed by atoms with Gasteiger partial charge in [-0.05, 0) is 28.8 Å². The van der Waals surface area contributed by atoms with E-state index in [0.717, 1.165) is 15.6 Å². The molecule has 0 aromatic heterocycles. The third kappa shape index (κ3) is 4.63. The molecule has 0 aliphatic heterocycles. The molecule has 136 valence electrons. The van der Waals surface area contributed by atoms with E-state index >= 15 is 0 Å². The molecule has 0 saturated heterocycles. The molecular formula is C22H18BrNO3. The number of nitrogens with two attached hydrogens (primary N) is 1. The average molecular weight is 424 g/mol. The molecule has 3 aromatic carbocycles. The van der Waals surface area contributed by atoms with Crippen LogP contribution < -0.4 is 5.73 Å². The number of carbonyl (C=O) groups is 2. The summed E-state index contributed by atoms with van der Waals surface area (Å²) in [6.45, 7) is 0. The van der Waals surface area contributed by atoms with Crippen molar-refractivity contribution in [1.29, 1.82) is 0 Å². The molecule has 4 nitrogen and oxygen atoms in total. The van der Waals surface area contributed by atoms with Crippen molar-refractivity contribution in [2.45, 2.75) is 12.0 Å². The van der Waals surface area contributed by atoms with Gasteiger partial charge in [0.2, 0.25) is 5.91 Å². The van der Waals surface area contributed by atoms with Crippen LogP contribution >= 0.6 is 15.9 Å². The first-order valence-corrected chi connectivity index (χ1v) is 9.20. The molecule has 0 heterocycles. The summed E-state index contributed by atoms with van der Waals surface area (Å²) >= 11 is 3.35. The highest BCUT2D eigenvalue weighted by Gasteiger charge is 2.31. The molecule has 0 aliphatic rings. The molecule has 0 fully saturated rings. The van der Waals surface area contributed by atoms with Gasteiger partial charge in [-0.1, -0.05) is 88.7 Å². The van der Waals surface area contributed by atoms with Gasteiger partial charge in [0.1, 0.15) is 0 Å². The SMILES string of the molecule is NC(=O)C(C(=O)OC(c1ccccc1)c1ccccc1)c1cccc(Br)c1. The molecule has 1 atom stereocenters. The van der Waals surface area contributed by atoms with Gasteiger partial charge in [0.25, 0.3) is 0 Å². The number of hydrogen-bond donors (Lipinski definition) is 1. The van der Waals surface area contributed by atoms with Gasteiger partial charge in [-0.3, -0.25) is 9.59 Å². The van der Waals surface area contributed by atoms with Crippen LogP contribution in [0, 0.1) is 0 Å². The van der Waals surface area contributed by atoms with Crippen LogP contribution in [0.2, 0.25) is 0 Å². The van der Waals surface area contributed by atoms with Gasteiger partial charge < -0.3 is 10.5 Å². The van der Waals surface area contributed by atoms with Crippen molar-refractivity contribution >= 4 is 27.8 Å². The molecule has 0 aliphatic carbocycles. The highest BCUT2D eigenvalue weighted by atomic mass is 79.9. The quantitative estimate of drug-likeness (QED) is 0.473. The van der Waals surface area contributed by atoms with E-state index in [1.807, 2.05) is 66.7 Å². The predicted molar refractivity (Wildman–Crippen MR) is 107 cm³/mol. The Hall–Kier alpha value is -2.92. The second-order valence-corrected chi connectivity index (χ2v) is 6.94. The fourth-order valence-electron chi connectivity index (χ4n) is 2.87. The minimum absolute atomic E-state index is 0.488. The number of halogens is 1. The van der Waals surface area contributed by atoms with Gasteiger partial charge in [0.05, 0.1) is 0 Å². The number of hydrogen-bond acceptors (Lipinski definition) is 3. The third-order valence-electron chi connectivity index (χ3n) is 4.14. The zero-order valence-corrected chi connectivity index (χ0v) is 16.0. The molecule has 0 radical (unpaired) electrons. The van der Waals surface area contributed by atoms with Crippen LogP contribution in [-0.4, -0.2) is 11.9 Å². The van der Waals surface area contributed by atoms with E-state index in [4.69, 9.17) is 10.5 Å². The number of benzene rings is 3. The number of primary amides is 1. The van der Waals surface area contributed by atoms with Crippen molar-refractivity contribution in [3.63, 3.8) is 0 Å². The Labute approximate surface area is 166 Å². The normalized spacial score (nSPS) is 11.8. The van der Waals surface area contributed by atoms with E-state index in [1.165, 1.54) is 0 Å². The number of esters is 1. The molecule has 0 saturated carbocycles. The van der Waals surface area contributed by atoms with Crippen LogP contribution in [-0.2, 0) is 14.3 Å². The molecule has 1 amide bonds. The van der Waals surface area contributed by atoms with E-state index in [1.54, 1.807) is 18.2 Å². The first kappa shape index (κ1) is 18.9. The summed E-state index contributed by atoms with van der Waals surface area (Å²) in [4.78, 5) is 24.9. The molecule has 27 heavy (non-hydrogen) atoms. The standard InChI is InChI=1S/C22H18BrNO3/c23-18-13-7-12-17(14-18)19(21(24)25)22(26)27-20(15-8-3-1-4-9-15)16-10-5-2-6-11-16/h1-14,19-20H,(H2,24,25). The minimum Gasteiger partial charge on any atom is -0.452 e. The summed E-state index contributed by atoms with van der Waals surface area (Å²) in [6.07, 6.45) is -0.631. The Kier molecular flexibility index (Phi) is 6.04. The molecule has 1 unspecified atom stereocenters. The lowest BCUT2D eigenvalue weighted by atomic mass is 9.97. The lowest BCUT2D eigenvalue weighted by molar-refractivity contribution is -0.151. The van der Waals surface area contributed by atoms with Crippen molar-refractivity contribution in [3.05, 3.63) is 106 Å². The first-order chi connectivity index (χ1) is 13.1. The number of carbonyl (C=O) groups excluding carboxylic acids is 2. The Bertz CT molecular complexity index is 889. The van der Waals surface area contributed by atoms with E-state index < -0.39 is 23.9 Å². The summed E-state index contributed by atoms with van der Waals surface area (Å²) in [5.74, 6) is -2.62. The number of ether oxygens (including phenoxy) is 1. The molecule has 0 bridgehead atoms. The van der Waals surface area contributed by atoms with Gasteiger partial charge in [-0.2, -0.15) is 0 Å². The number of amides is 1. The Morgan fingerprint density at radius 3 is 1.78 bits per heavy atom. The smallest absolute Gasteiger partial charge is 0.323 e. The van der Waals surface area contributed by atoms with Crippen molar-refractivity contribution < 1.29 is 14.3 Å². The number of rotatable bonds is 6. The molecule has 0 spiro atoms. The molecule has 3 rings (SSSR count). The minimum atomic E-state index is -1.18. The molecular weight excluding hydrogens is 406 g/mol. The second kappa shape index (κ2) is 8.64. The predicted octanol–water partition coefficient (Wildman–Crippen LogP) is 4.35. The van der Waals surface area contributed by atoms with E-state index in [-0.39, 0.29) is 0 Å². The van der Waals surface area contributed by atoms with Gasteiger partial charge in [0.15, 0.2) is 12.0 Å². The van der Waals surface area contributed by atoms with Crippen LogP contribution in [0.25, 0.3) is 0 Å². The fourth-order valence-corrected chi connectivity index (χ4v) is 3.29.